The van der Waals surface area contributed by atoms with Crippen LogP contribution in [0, 0.1) is 12.8 Å². The second-order valence-corrected chi connectivity index (χ2v) is 6.40. The normalized spacial score (nSPS) is 13.8. The molecule has 2 aromatic rings. The standard InChI is InChI=1S/C20H24N2O/c1-15-5-4-6-17(13-15)18-7-2-3-8-19(18)20(23)22(12-11-21)14-16-9-10-16/h2-8,13,16H,9-12,14,21H2,1H3. The van der Waals surface area contributed by atoms with Gasteiger partial charge in [-0.15, -0.1) is 0 Å². The van der Waals surface area contributed by atoms with E-state index in [0.717, 1.165) is 23.2 Å². The van der Waals surface area contributed by atoms with Crippen molar-refractivity contribution in [3.05, 3.63) is 59.7 Å². The van der Waals surface area contributed by atoms with Crippen LogP contribution in [-0.4, -0.2) is 30.4 Å². The first-order chi connectivity index (χ1) is 11.2. The monoisotopic (exact) mass is 308 g/mol. The van der Waals surface area contributed by atoms with E-state index < -0.39 is 0 Å². The molecular formula is C20H24N2O. The Kier molecular flexibility index (Phi) is 4.77. The number of nitrogens with zero attached hydrogens (tertiary/aromatic N) is 1. The number of benzene rings is 2. The van der Waals surface area contributed by atoms with E-state index in [4.69, 9.17) is 5.73 Å². The van der Waals surface area contributed by atoms with Crippen LogP contribution in [0.15, 0.2) is 48.5 Å². The highest BCUT2D eigenvalue weighted by Gasteiger charge is 2.27. The molecule has 3 nitrogen and oxygen atoms in total. The third-order valence-electron chi connectivity index (χ3n) is 4.35. The fourth-order valence-electron chi connectivity index (χ4n) is 2.95. The van der Waals surface area contributed by atoms with Gasteiger partial charge in [-0.05, 0) is 42.9 Å². The summed E-state index contributed by atoms with van der Waals surface area (Å²) in [6, 6.07) is 16.2. The molecule has 0 aliphatic heterocycles. The Balaban J connectivity index is 1.93. The summed E-state index contributed by atoms with van der Waals surface area (Å²) < 4.78 is 0. The maximum Gasteiger partial charge on any atom is 0.254 e. The molecule has 0 spiro atoms. The predicted octanol–water partition coefficient (Wildman–Crippen LogP) is 3.47. The van der Waals surface area contributed by atoms with Gasteiger partial charge >= 0.3 is 0 Å². The van der Waals surface area contributed by atoms with Crippen LogP contribution in [0.3, 0.4) is 0 Å². The summed E-state index contributed by atoms with van der Waals surface area (Å²) in [7, 11) is 0. The number of carbonyl (C=O) groups excluding carboxylic acids is 1. The number of nitrogens with two attached hydrogens (primary N) is 1. The highest BCUT2D eigenvalue weighted by molar-refractivity contribution is 6.01. The summed E-state index contributed by atoms with van der Waals surface area (Å²) in [5, 5.41) is 0. The maximum atomic E-state index is 13.0. The number of carbonyl (C=O) groups is 1. The van der Waals surface area contributed by atoms with Gasteiger partial charge in [0.15, 0.2) is 0 Å². The lowest BCUT2D eigenvalue weighted by Gasteiger charge is -2.23. The van der Waals surface area contributed by atoms with Gasteiger partial charge in [-0.3, -0.25) is 4.79 Å². The fraction of sp³-hybridized carbons (Fsp3) is 0.350. The second-order valence-electron chi connectivity index (χ2n) is 6.40. The third-order valence-corrected chi connectivity index (χ3v) is 4.35. The summed E-state index contributed by atoms with van der Waals surface area (Å²) in [6.45, 7) is 4.03. The Morgan fingerprint density at radius 1 is 1.17 bits per heavy atom. The zero-order valence-corrected chi connectivity index (χ0v) is 13.7. The van der Waals surface area contributed by atoms with Crippen LogP contribution < -0.4 is 5.73 Å². The van der Waals surface area contributed by atoms with Gasteiger partial charge in [0.25, 0.3) is 5.91 Å². The van der Waals surface area contributed by atoms with Crippen molar-refractivity contribution >= 4 is 5.91 Å². The minimum atomic E-state index is 0.0967. The van der Waals surface area contributed by atoms with Gasteiger partial charge in [0.2, 0.25) is 0 Å². The van der Waals surface area contributed by atoms with Crippen molar-refractivity contribution in [1.29, 1.82) is 0 Å². The Morgan fingerprint density at radius 3 is 2.65 bits per heavy atom. The first-order valence-corrected chi connectivity index (χ1v) is 8.34. The molecule has 1 saturated carbocycles. The number of hydrogen-bond acceptors (Lipinski definition) is 2. The Hall–Kier alpha value is -2.13. The first-order valence-electron chi connectivity index (χ1n) is 8.34. The van der Waals surface area contributed by atoms with Gasteiger partial charge in [-0.25, -0.2) is 0 Å². The van der Waals surface area contributed by atoms with Gasteiger partial charge in [0.1, 0.15) is 0 Å². The second kappa shape index (κ2) is 6.97. The molecule has 3 heteroatoms. The van der Waals surface area contributed by atoms with E-state index in [0.29, 0.717) is 19.0 Å². The molecule has 2 aromatic carbocycles. The Labute approximate surface area is 138 Å². The van der Waals surface area contributed by atoms with Gasteiger partial charge < -0.3 is 10.6 Å². The predicted molar refractivity (Wildman–Crippen MR) is 94.3 cm³/mol. The van der Waals surface area contributed by atoms with Gasteiger partial charge in [0, 0.05) is 25.2 Å². The van der Waals surface area contributed by atoms with Crippen LogP contribution >= 0.6 is 0 Å². The molecule has 0 bridgehead atoms. The number of aryl methyl sites for hydroxylation is 1. The average Bonchev–Trinajstić information content (AvgIpc) is 3.38. The lowest BCUT2D eigenvalue weighted by molar-refractivity contribution is 0.0753. The van der Waals surface area contributed by atoms with Crippen molar-refractivity contribution in [1.82, 2.24) is 4.90 Å². The molecule has 1 aliphatic carbocycles. The minimum absolute atomic E-state index is 0.0967. The molecule has 120 valence electrons. The smallest absolute Gasteiger partial charge is 0.254 e. The van der Waals surface area contributed by atoms with Crippen molar-refractivity contribution in [3.63, 3.8) is 0 Å². The van der Waals surface area contributed by atoms with Crippen molar-refractivity contribution in [2.75, 3.05) is 19.6 Å². The molecule has 3 rings (SSSR count). The molecule has 0 radical (unpaired) electrons. The van der Waals surface area contributed by atoms with Gasteiger partial charge in [0.05, 0.1) is 0 Å². The van der Waals surface area contributed by atoms with Crippen LogP contribution in [-0.2, 0) is 0 Å². The highest BCUT2D eigenvalue weighted by Crippen LogP contribution is 2.31. The van der Waals surface area contributed by atoms with Gasteiger partial charge in [-0.2, -0.15) is 0 Å². The number of hydrogen-bond donors (Lipinski definition) is 1. The molecule has 23 heavy (non-hydrogen) atoms. The molecular weight excluding hydrogens is 284 g/mol. The summed E-state index contributed by atoms with van der Waals surface area (Å²) in [5.74, 6) is 0.760. The molecule has 1 aliphatic rings. The molecule has 0 unspecified atom stereocenters. The molecule has 2 N–H and O–H groups in total. The van der Waals surface area contributed by atoms with Crippen molar-refractivity contribution < 1.29 is 4.79 Å². The molecule has 1 fully saturated rings. The third kappa shape index (κ3) is 3.80. The molecule has 1 amide bonds. The summed E-state index contributed by atoms with van der Waals surface area (Å²) in [6.07, 6.45) is 2.46. The highest BCUT2D eigenvalue weighted by atomic mass is 16.2. The van der Waals surface area contributed by atoms with E-state index in [9.17, 15) is 4.79 Å². The van der Waals surface area contributed by atoms with E-state index in [2.05, 4.69) is 25.1 Å². The SMILES string of the molecule is Cc1cccc(-c2ccccc2C(=O)N(CCN)CC2CC2)c1. The van der Waals surface area contributed by atoms with Crippen molar-refractivity contribution in [3.8, 4) is 11.1 Å². The van der Waals surface area contributed by atoms with E-state index >= 15 is 0 Å². The van der Waals surface area contributed by atoms with E-state index in [-0.39, 0.29) is 5.91 Å². The lowest BCUT2D eigenvalue weighted by Crippen LogP contribution is -2.37. The van der Waals surface area contributed by atoms with E-state index in [1.54, 1.807) is 0 Å². The largest absolute Gasteiger partial charge is 0.337 e. The van der Waals surface area contributed by atoms with Crippen LogP contribution in [0.1, 0.15) is 28.8 Å². The van der Waals surface area contributed by atoms with Gasteiger partial charge in [-0.1, -0.05) is 48.0 Å². The first kappa shape index (κ1) is 15.8. The fourth-order valence-corrected chi connectivity index (χ4v) is 2.95. The minimum Gasteiger partial charge on any atom is -0.337 e. The summed E-state index contributed by atoms with van der Waals surface area (Å²) in [4.78, 5) is 15.0. The zero-order chi connectivity index (χ0) is 16.2. The lowest BCUT2D eigenvalue weighted by atomic mass is 9.97. The molecule has 0 saturated heterocycles. The zero-order valence-electron chi connectivity index (χ0n) is 13.7. The van der Waals surface area contributed by atoms with Crippen LogP contribution in [0.5, 0.6) is 0 Å². The molecule has 0 atom stereocenters. The number of amides is 1. The van der Waals surface area contributed by atoms with Crippen LogP contribution in [0.4, 0.5) is 0 Å². The quantitative estimate of drug-likeness (QED) is 0.888. The van der Waals surface area contributed by atoms with Crippen LogP contribution in [0.25, 0.3) is 11.1 Å². The molecule has 0 aromatic heterocycles. The van der Waals surface area contributed by atoms with Crippen LogP contribution in [0.2, 0.25) is 0 Å². The average molecular weight is 308 g/mol. The topological polar surface area (TPSA) is 46.3 Å². The maximum absolute atomic E-state index is 13.0. The summed E-state index contributed by atoms with van der Waals surface area (Å²) in [5.41, 5.74) is 9.77. The van der Waals surface area contributed by atoms with Crippen molar-refractivity contribution in [2.45, 2.75) is 19.8 Å². The van der Waals surface area contributed by atoms with Crippen molar-refractivity contribution in [2.24, 2.45) is 11.7 Å². The van der Waals surface area contributed by atoms with E-state index in [1.807, 2.05) is 35.2 Å². The Bertz CT molecular complexity index is 692. The number of rotatable bonds is 6. The molecule has 0 heterocycles. The summed E-state index contributed by atoms with van der Waals surface area (Å²) >= 11 is 0. The Morgan fingerprint density at radius 2 is 1.96 bits per heavy atom. The van der Waals surface area contributed by atoms with E-state index in [1.165, 1.54) is 18.4 Å².